The standard InChI is InChI=1S/C23H21N3/c1-2-22(25-17-18-10-5-3-6-11-18)26-23(24)21-15-9-14-20(16-21)19-12-7-4-8-13-19/h1,3-17,22-23,26H,24H2. The van der Waals surface area contributed by atoms with Crippen LogP contribution >= 0.6 is 0 Å². The number of nitrogens with zero attached hydrogens (tertiary/aromatic N) is 1. The molecule has 3 N–H and O–H groups in total. The van der Waals surface area contributed by atoms with Gasteiger partial charge >= 0.3 is 0 Å². The monoisotopic (exact) mass is 339 g/mol. The van der Waals surface area contributed by atoms with Crippen LogP contribution in [0.2, 0.25) is 0 Å². The Morgan fingerprint density at radius 2 is 1.54 bits per heavy atom. The molecule has 2 unspecified atom stereocenters. The fourth-order valence-corrected chi connectivity index (χ4v) is 2.64. The van der Waals surface area contributed by atoms with Crippen molar-refractivity contribution >= 4 is 6.21 Å². The number of benzene rings is 3. The topological polar surface area (TPSA) is 50.4 Å². The molecule has 0 aromatic heterocycles. The summed E-state index contributed by atoms with van der Waals surface area (Å²) in [6, 6.07) is 28.1. The molecule has 0 aliphatic heterocycles. The zero-order valence-electron chi connectivity index (χ0n) is 14.4. The van der Waals surface area contributed by atoms with Gasteiger partial charge in [0.25, 0.3) is 0 Å². The molecule has 0 aliphatic rings. The van der Waals surface area contributed by atoms with Gasteiger partial charge in [0.1, 0.15) is 0 Å². The lowest BCUT2D eigenvalue weighted by Gasteiger charge is -2.17. The molecule has 0 aliphatic carbocycles. The van der Waals surface area contributed by atoms with Crippen LogP contribution in [0.25, 0.3) is 11.1 Å². The van der Waals surface area contributed by atoms with Gasteiger partial charge < -0.3 is 5.73 Å². The smallest absolute Gasteiger partial charge is 0.163 e. The molecular weight excluding hydrogens is 318 g/mol. The fourth-order valence-electron chi connectivity index (χ4n) is 2.64. The van der Waals surface area contributed by atoms with Crippen molar-refractivity contribution in [3.63, 3.8) is 0 Å². The number of hydrogen-bond donors (Lipinski definition) is 2. The summed E-state index contributed by atoms with van der Waals surface area (Å²) < 4.78 is 0. The predicted molar refractivity (Wildman–Crippen MR) is 109 cm³/mol. The summed E-state index contributed by atoms with van der Waals surface area (Å²) in [7, 11) is 0. The predicted octanol–water partition coefficient (Wildman–Crippen LogP) is 3.98. The maximum absolute atomic E-state index is 6.31. The molecule has 0 saturated heterocycles. The van der Waals surface area contributed by atoms with Crippen LogP contribution in [-0.4, -0.2) is 12.4 Å². The van der Waals surface area contributed by atoms with Crippen molar-refractivity contribution in [2.45, 2.75) is 12.3 Å². The lowest BCUT2D eigenvalue weighted by molar-refractivity contribution is 0.517. The highest BCUT2D eigenvalue weighted by Crippen LogP contribution is 2.21. The molecule has 0 bridgehead atoms. The normalized spacial score (nSPS) is 13.2. The number of nitrogens with one attached hydrogen (secondary N) is 1. The van der Waals surface area contributed by atoms with Gasteiger partial charge in [-0.25, -0.2) is 0 Å². The molecule has 2 atom stereocenters. The summed E-state index contributed by atoms with van der Waals surface area (Å²) in [6.07, 6.45) is 6.45. The lowest BCUT2D eigenvalue weighted by atomic mass is 10.0. The van der Waals surface area contributed by atoms with Gasteiger partial charge in [-0.15, -0.1) is 6.42 Å². The maximum Gasteiger partial charge on any atom is 0.163 e. The number of aliphatic imine (C=N–C) groups is 1. The first-order valence-electron chi connectivity index (χ1n) is 8.47. The molecule has 0 saturated carbocycles. The van der Waals surface area contributed by atoms with Crippen LogP contribution in [0.4, 0.5) is 0 Å². The molecular formula is C23H21N3. The average Bonchev–Trinajstić information content (AvgIpc) is 2.72. The SMILES string of the molecule is C#CC(N=Cc1ccccc1)NC(N)c1cccc(-c2ccccc2)c1. The fraction of sp³-hybridized carbons (Fsp3) is 0.0870. The second-order valence-corrected chi connectivity index (χ2v) is 5.89. The Balaban J connectivity index is 1.72. The third-order valence-electron chi connectivity index (χ3n) is 4.02. The zero-order chi connectivity index (χ0) is 18.2. The molecule has 3 aromatic carbocycles. The van der Waals surface area contributed by atoms with Crippen molar-refractivity contribution in [2.75, 3.05) is 0 Å². The van der Waals surface area contributed by atoms with Crippen LogP contribution in [0.1, 0.15) is 17.3 Å². The van der Waals surface area contributed by atoms with E-state index in [0.29, 0.717) is 0 Å². The van der Waals surface area contributed by atoms with E-state index in [-0.39, 0.29) is 0 Å². The number of terminal acetylenes is 1. The molecule has 0 fully saturated rings. The summed E-state index contributed by atoms with van der Waals surface area (Å²) in [4.78, 5) is 4.41. The number of hydrogen-bond acceptors (Lipinski definition) is 3. The van der Waals surface area contributed by atoms with E-state index in [1.54, 1.807) is 6.21 Å². The van der Waals surface area contributed by atoms with Crippen molar-refractivity contribution in [1.29, 1.82) is 0 Å². The van der Waals surface area contributed by atoms with E-state index in [0.717, 1.165) is 22.3 Å². The highest BCUT2D eigenvalue weighted by molar-refractivity contribution is 5.79. The van der Waals surface area contributed by atoms with Crippen LogP contribution in [0, 0.1) is 12.3 Å². The van der Waals surface area contributed by atoms with Gasteiger partial charge in [-0.3, -0.25) is 10.3 Å². The van der Waals surface area contributed by atoms with Crippen LogP contribution in [-0.2, 0) is 0 Å². The van der Waals surface area contributed by atoms with E-state index in [9.17, 15) is 0 Å². The Morgan fingerprint density at radius 3 is 2.23 bits per heavy atom. The average molecular weight is 339 g/mol. The second kappa shape index (κ2) is 8.77. The summed E-state index contributed by atoms with van der Waals surface area (Å²) in [5, 5.41) is 3.18. The van der Waals surface area contributed by atoms with Crippen molar-refractivity contribution in [3.05, 3.63) is 96.1 Å². The van der Waals surface area contributed by atoms with Gasteiger partial charge in [-0.1, -0.05) is 84.8 Å². The Labute approximate surface area is 154 Å². The van der Waals surface area contributed by atoms with E-state index in [4.69, 9.17) is 12.2 Å². The van der Waals surface area contributed by atoms with Gasteiger partial charge in [0.05, 0.1) is 6.17 Å². The van der Waals surface area contributed by atoms with Gasteiger partial charge in [0, 0.05) is 6.21 Å². The quantitative estimate of drug-likeness (QED) is 0.405. The van der Waals surface area contributed by atoms with Gasteiger partial charge in [-0.2, -0.15) is 0 Å². The summed E-state index contributed by atoms with van der Waals surface area (Å²) in [5.41, 5.74) is 10.5. The summed E-state index contributed by atoms with van der Waals surface area (Å²) in [5.74, 6) is 2.63. The first kappa shape index (κ1) is 17.6. The summed E-state index contributed by atoms with van der Waals surface area (Å²) >= 11 is 0. The molecule has 0 spiro atoms. The maximum atomic E-state index is 6.31. The largest absolute Gasteiger partial charge is 0.312 e. The minimum Gasteiger partial charge on any atom is -0.312 e. The van der Waals surface area contributed by atoms with Gasteiger partial charge in [-0.05, 0) is 28.3 Å². The van der Waals surface area contributed by atoms with E-state index in [1.807, 2.05) is 60.7 Å². The Kier molecular flexibility index (Phi) is 5.95. The van der Waals surface area contributed by atoms with E-state index >= 15 is 0 Å². The van der Waals surface area contributed by atoms with Gasteiger partial charge in [0.15, 0.2) is 6.17 Å². The van der Waals surface area contributed by atoms with Crippen molar-refractivity contribution < 1.29 is 0 Å². The van der Waals surface area contributed by atoms with E-state index in [1.165, 1.54) is 0 Å². The molecule has 0 amide bonds. The zero-order valence-corrected chi connectivity index (χ0v) is 14.4. The van der Waals surface area contributed by atoms with Gasteiger partial charge in [0.2, 0.25) is 0 Å². The Bertz CT molecular complexity index is 895. The number of nitrogens with two attached hydrogens (primary N) is 1. The molecule has 0 radical (unpaired) electrons. The van der Waals surface area contributed by atoms with Crippen LogP contribution < -0.4 is 11.1 Å². The molecule has 26 heavy (non-hydrogen) atoms. The number of rotatable bonds is 6. The molecule has 0 heterocycles. The highest BCUT2D eigenvalue weighted by Gasteiger charge is 2.11. The molecule has 3 aromatic rings. The third kappa shape index (κ3) is 4.67. The van der Waals surface area contributed by atoms with E-state index < -0.39 is 12.3 Å². The second-order valence-electron chi connectivity index (χ2n) is 5.89. The van der Waals surface area contributed by atoms with Crippen molar-refractivity contribution in [2.24, 2.45) is 10.7 Å². The van der Waals surface area contributed by atoms with Crippen LogP contribution in [0.15, 0.2) is 89.9 Å². The molecule has 3 nitrogen and oxygen atoms in total. The first-order valence-corrected chi connectivity index (χ1v) is 8.47. The van der Waals surface area contributed by atoms with Crippen molar-refractivity contribution in [1.82, 2.24) is 5.32 Å². The van der Waals surface area contributed by atoms with Crippen molar-refractivity contribution in [3.8, 4) is 23.5 Å². The third-order valence-corrected chi connectivity index (χ3v) is 4.02. The minimum atomic E-state index is -0.495. The lowest BCUT2D eigenvalue weighted by Crippen LogP contribution is -2.35. The first-order chi connectivity index (χ1) is 12.8. The molecule has 128 valence electrons. The Hall–Kier alpha value is -3.19. The molecule has 3 heteroatoms. The van der Waals surface area contributed by atoms with Crippen LogP contribution in [0.5, 0.6) is 0 Å². The van der Waals surface area contributed by atoms with Crippen LogP contribution in [0.3, 0.4) is 0 Å². The van der Waals surface area contributed by atoms with E-state index in [2.05, 4.69) is 40.5 Å². The Morgan fingerprint density at radius 1 is 0.885 bits per heavy atom. The highest BCUT2D eigenvalue weighted by atomic mass is 15.1. The summed E-state index contributed by atoms with van der Waals surface area (Å²) in [6.45, 7) is 0. The molecule has 3 rings (SSSR count). The minimum absolute atomic E-state index is 0.410.